The van der Waals surface area contributed by atoms with Crippen LogP contribution in [-0.4, -0.2) is 60.0 Å². The van der Waals surface area contributed by atoms with Gasteiger partial charge in [0.25, 0.3) is 0 Å². The van der Waals surface area contributed by atoms with E-state index in [9.17, 15) is 23.1 Å². The van der Waals surface area contributed by atoms with Gasteiger partial charge in [-0.3, -0.25) is 4.90 Å². The first-order chi connectivity index (χ1) is 21.4. The van der Waals surface area contributed by atoms with E-state index in [-0.39, 0.29) is 16.7 Å². The van der Waals surface area contributed by atoms with Gasteiger partial charge in [0.15, 0.2) is 0 Å². The van der Waals surface area contributed by atoms with E-state index in [0.717, 1.165) is 74.1 Å². The minimum atomic E-state index is -4.72. The van der Waals surface area contributed by atoms with Crippen molar-refractivity contribution < 1.29 is 32.5 Å². The molecule has 10 heteroatoms. The van der Waals surface area contributed by atoms with E-state index in [2.05, 4.69) is 33.4 Å². The van der Waals surface area contributed by atoms with Gasteiger partial charge < -0.3 is 24.5 Å². The normalized spacial score (nSPS) is 17.5. The molecule has 1 fully saturated rings. The van der Waals surface area contributed by atoms with Crippen molar-refractivity contribution in [2.24, 2.45) is 5.41 Å². The third kappa shape index (κ3) is 7.12. The number of piperazine rings is 1. The second-order valence-corrected chi connectivity index (χ2v) is 12.5. The van der Waals surface area contributed by atoms with Crippen molar-refractivity contribution in [1.29, 1.82) is 0 Å². The highest BCUT2D eigenvalue weighted by Crippen LogP contribution is 2.44. The molecule has 2 N–H and O–H groups in total. The molecular weight excluding hydrogens is 583 g/mol. The van der Waals surface area contributed by atoms with Gasteiger partial charge in [0, 0.05) is 61.6 Å². The molecule has 1 aromatic heterocycles. The Kier molecular flexibility index (Phi) is 8.26. The maximum absolute atomic E-state index is 12.7. The van der Waals surface area contributed by atoms with E-state index in [0.29, 0.717) is 11.5 Å². The first-order valence-electron chi connectivity index (χ1n) is 15.1. The first kappa shape index (κ1) is 30.6. The van der Waals surface area contributed by atoms with Crippen molar-refractivity contribution in [3.63, 3.8) is 0 Å². The number of ether oxygens (including phenoxy) is 2. The van der Waals surface area contributed by atoms with Gasteiger partial charge in [-0.2, -0.15) is 0 Å². The van der Waals surface area contributed by atoms with Crippen LogP contribution >= 0.6 is 0 Å². The number of H-pyrrole nitrogens is 1. The molecule has 3 aromatic carbocycles. The van der Waals surface area contributed by atoms with Gasteiger partial charge in [0.2, 0.25) is 0 Å². The second-order valence-electron chi connectivity index (χ2n) is 12.5. The second kappa shape index (κ2) is 12.2. The summed E-state index contributed by atoms with van der Waals surface area (Å²) in [6, 6.07) is 19.0. The van der Waals surface area contributed by atoms with E-state index in [4.69, 9.17) is 4.74 Å². The number of aromatic nitrogens is 1. The number of aromatic amines is 1. The summed E-state index contributed by atoms with van der Waals surface area (Å²) in [5.41, 5.74) is 5.48. The van der Waals surface area contributed by atoms with Gasteiger partial charge in [-0.15, -0.1) is 13.2 Å². The molecule has 6 rings (SSSR count). The molecule has 0 amide bonds. The highest BCUT2D eigenvalue weighted by molar-refractivity contribution is 5.92. The minimum Gasteiger partial charge on any atom is -0.478 e. The number of carboxylic acids is 1. The summed E-state index contributed by atoms with van der Waals surface area (Å²) in [4.78, 5) is 19.8. The molecule has 1 saturated heterocycles. The molecule has 0 atom stereocenters. The lowest BCUT2D eigenvalue weighted by molar-refractivity contribution is -0.274. The molecule has 2 heterocycles. The lowest BCUT2D eigenvalue weighted by Gasteiger charge is -2.39. The zero-order valence-corrected chi connectivity index (χ0v) is 25.3. The van der Waals surface area contributed by atoms with Crippen LogP contribution in [0, 0.1) is 5.41 Å². The van der Waals surface area contributed by atoms with Crippen LogP contribution in [0.3, 0.4) is 0 Å². The Morgan fingerprint density at radius 1 is 0.978 bits per heavy atom. The standard InChI is InChI=1S/C35H36F3N3O4/c1-34(2)14-12-24(29(21-34)23-6-9-26(10-7-23)45-35(36,37)38)22-40-16-18-41(19-17-40)25-8-11-28(33(42)43)32(20-25)44-31-5-3-4-30-27(31)13-15-39-30/h3-11,13,15,20,39H,12,14,16-19,21-22H2,1-2H3,(H,42,43). The van der Waals surface area contributed by atoms with E-state index in [1.165, 1.54) is 23.3 Å². The van der Waals surface area contributed by atoms with Crippen LogP contribution in [-0.2, 0) is 0 Å². The number of rotatable bonds is 8. The van der Waals surface area contributed by atoms with Crippen LogP contribution in [0.5, 0.6) is 17.2 Å². The summed E-state index contributed by atoms with van der Waals surface area (Å²) in [5.74, 6) is -0.390. The average Bonchev–Trinajstić information content (AvgIpc) is 3.48. The number of aromatic carboxylic acids is 1. The Morgan fingerprint density at radius 2 is 1.73 bits per heavy atom. The number of hydrogen-bond donors (Lipinski definition) is 2. The predicted molar refractivity (Wildman–Crippen MR) is 168 cm³/mol. The Bertz CT molecular complexity index is 1720. The fraction of sp³-hybridized carbons (Fsp3) is 0.343. The molecule has 1 aliphatic carbocycles. The maximum atomic E-state index is 12.7. The average molecular weight is 620 g/mol. The van der Waals surface area contributed by atoms with Crippen LogP contribution in [0.4, 0.5) is 18.9 Å². The van der Waals surface area contributed by atoms with Crippen molar-refractivity contribution in [3.05, 3.63) is 89.6 Å². The van der Waals surface area contributed by atoms with Gasteiger partial charge in [0.05, 0.1) is 0 Å². The number of carboxylic acid groups (broad SMARTS) is 1. The number of anilines is 1. The highest BCUT2D eigenvalue weighted by atomic mass is 19.4. The Balaban J connectivity index is 1.16. The summed E-state index contributed by atoms with van der Waals surface area (Å²) < 4.78 is 48.3. The van der Waals surface area contributed by atoms with Crippen LogP contribution in [0.15, 0.2) is 78.5 Å². The molecule has 0 saturated carbocycles. The molecule has 0 bridgehead atoms. The zero-order valence-electron chi connectivity index (χ0n) is 25.3. The lowest BCUT2D eigenvalue weighted by Crippen LogP contribution is -2.47. The fourth-order valence-corrected chi connectivity index (χ4v) is 6.34. The topological polar surface area (TPSA) is 78.0 Å². The Hall–Kier alpha value is -4.44. The summed E-state index contributed by atoms with van der Waals surface area (Å²) in [5, 5.41) is 10.7. The van der Waals surface area contributed by atoms with E-state index in [1.807, 2.05) is 36.5 Å². The number of alkyl halides is 3. The van der Waals surface area contributed by atoms with E-state index >= 15 is 0 Å². The molecular formula is C35H36F3N3O4. The SMILES string of the molecule is CC1(C)CCC(CN2CCN(c3ccc(C(=O)O)c(Oc4cccc5[nH]ccc45)c3)CC2)=C(c2ccc(OC(F)(F)F)cc2)C1. The van der Waals surface area contributed by atoms with Crippen LogP contribution in [0.2, 0.25) is 0 Å². The summed E-state index contributed by atoms with van der Waals surface area (Å²) in [7, 11) is 0. The van der Waals surface area contributed by atoms with Crippen LogP contribution < -0.4 is 14.4 Å². The van der Waals surface area contributed by atoms with Crippen molar-refractivity contribution in [3.8, 4) is 17.2 Å². The Morgan fingerprint density at radius 3 is 2.44 bits per heavy atom. The number of benzene rings is 3. The molecule has 236 valence electrons. The molecule has 4 aromatic rings. The van der Waals surface area contributed by atoms with Gasteiger partial charge in [-0.1, -0.05) is 37.6 Å². The molecule has 45 heavy (non-hydrogen) atoms. The highest BCUT2D eigenvalue weighted by Gasteiger charge is 2.32. The number of fused-ring (bicyclic) bond motifs is 1. The van der Waals surface area contributed by atoms with Crippen molar-refractivity contribution in [1.82, 2.24) is 9.88 Å². The number of carbonyl (C=O) groups is 1. The van der Waals surface area contributed by atoms with E-state index < -0.39 is 12.3 Å². The number of nitrogens with one attached hydrogen (secondary N) is 1. The molecule has 0 spiro atoms. The predicted octanol–water partition coefficient (Wildman–Crippen LogP) is 8.34. The van der Waals surface area contributed by atoms with Crippen molar-refractivity contribution >= 4 is 28.1 Å². The number of nitrogens with zero attached hydrogens (tertiary/aromatic N) is 2. The summed E-state index contributed by atoms with van der Waals surface area (Å²) in [6.07, 6.45) is -0.0469. The number of hydrogen-bond acceptors (Lipinski definition) is 5. The van der Waals surface area contributed by atoms with Gasteiger partial charge >= 0.3 is 12.3 Å². The molecule has 0 unspecified atom stereocenters. The summed E-state index contributed by atoms with van der Waals surface area (Å²) >= 11 is 0. The molecule has 2 aliphatic rings. The van der Waals surface area contributed by atoms with Gasteiger partial charge in [-0.25, -0.2) is 4.79 Å². The largest absolute Gasteiger partial charge is 0.573 e. The van der Waals surface area contributed by atoms with Crippen molar-refractivity contribution in [2.75, 3.05) is 37.6 Å². The fourth-order valence-electron chi connectivity index (χ4n) is 6.34. The number of halogens is 3. The monoisotopic (exact) mass is 619 g/mol. The Labute approximate surface area is 259 Å². The quantitative estimate of drug-likeness (QED) is 0.207. The smallest absolute Gasteiger partial charge is 0.478 e. The molecule has 0 radical (unpaired) electrons. The van der Waals surface area contributed by atoms with Crippen LogP contribution in [0.25, 0.3) is 16.5 Å². The van der Waals surface area contributed by atoms with Gasteiger partial charge in [0.1, 0.15) is 22.8 Å². The van der Waals surface area contributed by atoms with Crippen LogP contribution in [0.1, 0.15) is 49.0 Å². The third-order valence-electron chi connectivity index (χ3n) is 8.74. The zero-order chi connectivity index (χ0) is 31.8. The summed E-state index contributed by atoms with van der Waals surface area (Å²) in [6.45, 7) is 8.42. The van der Waals surface area contributed by atoms with Gasteiger partial charge in [-0.05, 0) is 78.3 Å². The third-order valence-corrected chi connectivity index (χ3v) is 8.74. The molecule has 7 nitrogen and oxygen atoms in total. The minimum absolute atomic E-state index is 0.0996. The molecule has 1 aliphatic heterocycles. The van der Waals surface area contributed by atoms with Crippen molar-refractivity contribution in [2.45, 2.75) is 39.5 Å². The first-order valence-corrected chi connectivity index (χ1v) is 15.1. The number of allylic oxidation sites excluding steroid dienone is 1. The lowest BCUT2D eigenvalue weighted by atomic mass is 9.72. The van der Waals surface area contributed by atoms with E-state index in [1.54, 1.807) is 24.3 Å². The maximum Gasteiger partial charge on any atom is 0.573 e.